The van der Waals surface area contributed by atoms with Crippen LogP contribution in [0.2, 0.25) is 5.02 Å². The molecule has 1 saturated carbocycles. The Labute approximate surface area is 161 Å². The predicted octanol–water partition coefficient (Wildman–Crippen LogP) is 4.52. The van der Waals surface area contributed by atoms with Crippen molar-refractivity contribution in [1.82, 2.24) is 9.97 Å². The molecule has 0 amide bonds. The second-order valence-corrected chi connectivity index (χ2v) is 7.53. The number of H-pyrrole nitrogens is 1. The van der Waals surface area contributed by atoms with Crippen LogP contribution in [-0.4, -0.2) is 27.1 Å². The third-order valence-corrected chi connectivity index (χ3v) is 5.48. The number of rotatable bonds is 4. The third-order valence-electron chi connectivity index (χ3n) is 5.24. The molecule has 0 bridgehead atoms. The molecule has 2 heterocycles. The summed E-state index contributed by atoms with van der Waals surface area (Å²) in [7, 11) is 0. The fraction of sp³-hybridized carbons (Fsp3) is 0.300. The number of anilines is 2. The lowest BCUT2D eigenvalue weighted by molar-refractivity contribution is -0.142. The van der Waals surface area contributed by atoms with Gasteiger partial charge in [0.15, 0.2) is 0 Å². The van der Waals surface area contributed by atoms with Crippen LogP contribution in [0.5, 0.6) is 0 Å². The van der Waals surface area contributed by atoms with E-state index in [9.17, 15) is 9.90 Å². The second-order valence-electron chi connectivity index (χ2n) is 7.09. The quantitative estimate of drug-likeness (QED) is 0.529. The SMILES string of the molecule is Nc1cnc(NC2CCCC(C(=O)O)C2)cc1-c1c[nH]c2ccc(Cl)cc12. The number of fused-ring (bicyclic) bond motifs is 1. The highest BCUT2D eigenvalue weighted by Gasteiger charge is 2.27. The molecule has 1 aliphatic carbocycles. The number of aromatic nitrogens is 2. The number of nitrogen functional groups attached to an aromatic ring is 1. The molecular weight excluding hydrogens is 364 g/mol. The maximum atomic E-state index is 11.3. The van der Waals surface area contributed by atoms with Gasteiger partial charge in [-0.2, -0.15) is 0 Å². The van der Waals surface area contributed by atoms with E-state index in [4.69, 9.17) is 17.3 Å². The van der Waals surface area contributed by atoms with Crippen molar-refractivity contribution in [2.24, 2.45) is 5.92 Å². The highest BCUT2D eigenvalue weighted by molar-refractivity contribution is 6.31. The number of nitrogens with one attached hydrogen (secondary N) is 2. The lowest BCUT2D eigenvalue weighted by atomic mass is 9.86. The molecule has 0 spiro atoms. The summed E-state index contributed by atoms with van der Waals surface area (Å²) in [5.41, 5.74) is 9.58. The zero-order chi connectivity index (χ0) is 19.0. The van der Waals surface area contributed by atoms with Crippen LogP contribution >= 0.6 is 11.6 Å². The van der Waals surface area contributed by atoms with E-state index in [0.29, 0.717) is 22.9 Å². The van der Waals surface area contributed by atoms with E-state index in [0.717, 1.165) is 41.3 Å². The fourth-order valence-electron chi connectivity index (χ4n) is 3.85. The molecule has 0 saturated heterocycles. The van der Waals surface area contributed by atoms with Crippen LogP contribution in [0, 0.1) is 5.92 Å². The number of carbonyl (C=O) groups is 1. The first-order valence-electron chi connectivity index (χ1n) is 9.03. The second kappa shape index (κ2) is 7.12. The maximum Gasteiger partial charge on any atom is 0.306 e. The number of aromatic amines is 1. The number of nitrogens with two attached hydrogens (primary N) is 1. The van der Waals surface area contributed by atoms with Crippen LogP contribution in [0.3, 0.4) is 0 Å². The summed E-state index contributed by atoms with van der Waals surface area (Å²) in [6.07, 6.45) is 6.74. The van der Waals surface area contributed by atoms with E-state index in [2.05, 4.69) is 15.3 Å². The number of hydrogen-bond acceptors (Lipinski definition) is 4. The van der Waals surface area contributed by atoms with Gasteiger partial charge in [0.1, 0.15) is 5.82 Å². The van der Waals surface area contributed by atoms with Gasteiger partial charge in [-0.15, -0.1) is 0 Å². The van der Waals surface area contributed by atoms with Gasteiger partial charge < -0.3 is 21.1 Å². The minimum absolute atomic E-state index is 0.0984. The Hall–Kier alpha value is -2.73. The van der Waals surface area contributed by atoms with Crippen molar-refractivity contribution < 1.29 is 9.90 Å². The molecule has 4 rings (SSSR count). The molecule has 140 valence electrons. The molecular formula is C20H21ClN4O2. The van der Waals surface area contributed by atoms with Crippen molar-refractivity contribution in [3.63, 3.8) is 0 Å². The Morgan fingerprint density at radius 2 is 2.15 bits per heavy atom. The molecule has 6 nitrogen and oxygen atoms in total. The molecule has 0 aliphatic heterocycles. The average Bonchev–Trinajstić information content (AvgIpc) is 3.06. The minimum atomic E-state index is -0.719. The van der Waals surface area contributed by atoms with Crippen molar-refractivity contribution in [3.8, 4) is 11.1 Å². The first-order valence-corrected chi connectivity index (χ1v) is 9.41. The van der Waals surface area contributed by atoms with Gasteiger partial charge in [-0.1, -0.05) is 18.0 Å². The number of halogens is 1. The van der Waals surface area contributed by atoms with Crippen LogP contribution in [0.4, 0.5) is 11.5 Å². The zero-order valence-corrected chi connectivity index (χ0v) is 15.5. The molecule has 2 unspecified atom stereocenters. The van der Waals surface area contributed by atoms with E-state index in [1.54, 1.807) is 6.20 Å². The van der Waals surface area contributed by atoms with Crippen molar-refractivity contribution in [1.29, 1.82) is 0 Å². The standard InChI is InChI=1S/C20H21ClN4O2/c21-12-4-5-18-15(7-12)16(9-23-18)14-8-19(24-10-17(14)22)25-13-3-1-2-11(6-13)20(26)27/h4-5,7-11,13,23H,1-3,6,22H2,(H,24,25)(H,26,27). The normalized spacial score (nSPS) is 19.9. The van der Waals surface area contributed by atoms with Gasteiger partial charge >= 0.3 is 5.97 Å². The molecule has 1 aliphatic rings. The van der Waals surface area contributed by atoms with Gasteiger partial charge in [0.05, 0.1) is 17.8 Å². The lowest BCUT2D eigenvalue weighted by Gasteiger charge is -2.28. The van der Waals surface area contributed by atoms with Gasteiger partial charge in [-0.05, 0) is 43.5 Å². The summed E-state index contributed by atoms with van der Waals surface area (Å²) < 4.78 is 0. The minimum Gasteiger partial charge on any atom is -0.481 e. The third kappa shape index (κ3) is 3.57. The maximum absolute atomic E-state index is 11.3. The number of aliphatic carboxylic acids is 1. The summed E-state index contributed by atoms with van der Waals surface area (Å²) in [6, 6.07) is 7.71. The Kier molecular flexibility index (Phi) is 4.66. The van der Waals surface area contributed by atoms with E-state index < -0.39 is 5.97 Å². The van der Waals surface area contributed by atoms with Crippen molar-refractivity contribution in [3.05, 3.63) is 41.7 Å². The van der Waals surface area contributed by atoms with Gasteiger partial charge in [-0.3, -0.25) is 4.79 Å². The van der Waals surface area contributed by atoms with E-state index >= 15 is 0 Å². The van der Waals surface area contributed by atoms with Crippen LogP contribution in [0.1, 0.15) is 25.7 Å². The summed E-state index contributed by atoms with van der Waals surface area (Å²) in [6.45, 7) is 0. The number of hydrogen-bond donors (Lipinski definition) is 4. The number of pyridine rings is 1. The van der Waals surface area contributed by atoms with Crippen LogP contribution in [0.15, 0.2) is 36.7 Å². The first-order chi connectivity index (χ1) is 13.0. The molecule has 5 N–H and O–H groups in total. The summed E-state index contributed by atoms with van der Waals surface area (Å²) in [4.78, 5) is 18.9. The average molecular weight is 385 g/mol. The highest BCUT2D eigenvalue weighted by atomic mass is 35.5. The van der Waals surface area contributed by atoms with Crippen molar-refractivity contribution >= 4 is 40.0 Å². The summed E-state index contributed by atoms with van der Waals surface area (Å²) >= 11 is 6.16. The van der Waals surface area contributed by atoms with E-state index in [1.807, 2.05) is 30.5 Å². The van der Waals surface area contributed by atoms with E-state index in [1.165, 1.54) is 0 Å². The molecule has 2 atom stereocenters. The highest BCUT2D eigenvalue weighted by Crippen LogP contribution is 2.35. The number of carboxylic acid groups (broad SMARTS) is 1. The Balaban J connectivity index is 1.63. The summed E-state index contributed by atoms with van der Waals surface area (Å²) in [5, 5.41) is 14.3. The number of nitrogens with zero attached hydrogens (tertiary/aromatic N) is 1. The zero-order valence-electron chi connectivity index (χ0n) is 14.7. The fourth-order valence-corrected chi connectivity index (χ4v) is 4.02. The molecule has 3 aromatic rings. The van der Waals surface area contributed by atoms with Gasteiger partial charge in [-0.25, -0.2) is 4.98 Å². The van der Waals surface area contributed by atoms with E-state index in [-0.39, 0.29) is 12.0 Å². The van der Waals surface area contributed by atoms with Crippen molar-refractivity contribution in [2.75, 3.05) is 11.1 Å². The summed E-state index contributed by atoms with van der Waals surface area (Å²) in [5.74, 6) is -0.310. The molecule has 27 heavy (non-hydrogen) atoms. The predicted molar refractivity (Wildman–Crippen MR) is 108 cm³/mol. The molecule has 0 radical (unpaired) electrons. The molecule has 2 aromatic heterocycles. The Morgan fingerprint density at radius 3 is 2.96 bits per heavy atom. The largest absolute Gasteiger partial charge is 0.481 e. The molecule has 1 fully saturated rings. The first kappa shape index (κ1) is 17.7. The van der Waals surface area contributed by atoms with Crippen LogP contribution in [-0.2, 0) is 4.79 Å². The molecule has 1 aromatic carbocycles. The van der Waals surface area contributed by atoms with Crippen LogP contribution in [0.25, 0.3) is 22.0 Å². The van der Waals surface area contributed by atoms with Gasteiger partial charge in [0, 0.05) is 39.3 Å². The molecule has 7 heteroatoms. The number of carboxylic acids is 1. The Bertz CT molecular complexity index is 1000. The topological polar surface area (TPSA) is 104 Å². The van der Waals surface area contributed by atoms with Crippen molar-refractivity contribution in [2.45, 2.75) is 31.7 Å². The van der Waals surface area contributed by atoms with Crippen LogP contribution < -0.4 is 11.1 Å². The Morgan fingerprint density at radius 1 is 1.30 bits per heavy atom. The number of benzene rings is 1. The van der Waals surface area contributed by atoms with Gasteiger partial charge in [0.2, 0.25) is 0 Å². The van der Waals surface area contributed by atoms with Gasteiger partial charge in [0.25, 0.3) is 0 Å². The lowest BCUT2D eigenvalue weighted by Crippen LogP contribution is -2.31. The monoisotopic (exact) mass is 384 g/mol. The smallest absolute Gasteiger partial charge is 0.306 e.